The van der Waals surface area contributed by atoms with E-state index in [1.165, 1.54) is 4.31 Å². The van der Waals surface area contributed by atoms with Gasteiger partial charge >= 0.3 is 0 Å². The SMILES string of the molecule is Cc1cc(C)c(C)c(S(=O)(=O)N2CCN(C(=O)COc3ccc(C#N)cc3)CC2)c1C. The van der Waals surface area contributed by atoms with E-state index in [9.17, 15) is 13.2 Å². The average molecular weight is 442 g/mol. The molecule has 1 amide bonds. The molecule has 1 heterocycles. The molecule has 164 valence electrons. The first-order chi connectivity index (χ1) is 14.6. The number of rotatable bonds is 5. The summed E-state index contributed by atoms with van der Waals surface area (Å²) in [6, 6.07) is 10.6. The van der Waals surface area contributed by atoms with Crippen molar-refractivity contribution in [3.63, 3.8) is 0 Å². The van der Waals surface area contributed by atoms with Gasteiger partial charge in [-0.3, -0.25) is 4.79 Å². The molecule has 7 nitrogen and oxygen atoms in total. The third kappa shape index (κ3) is 4.73. The first-order valence-electron chi connectivity index (χ1n) is 10.1. The van der Waals surface area contributed by atoms with Crippen molar-refractivity contribution in [2.75, 3.05) is 32.8 Å². The number of hydrogen-bond donors (Lipinski definition) is 0. The summed E-state index contributed by atoms with van der Waals surface area (Å²) in [6.07, 6.45) is 0. The lowest BCUT2D eigenvalue weighted by Gasteiger charge is -2.34. The molecule has 31 heavy (non-hydrogen) atoms. The minimum Gasteiger partial charge on any atom is -0.484 e. The number of piperazine rings is 1. The lowest BCUT2D eigenvalue weighted by Crippen LogP contribution is -2.51. The Morgan fingerprint density at radius 1 is 1.00 bits per heavy atom. The zero-order valence-corrected chi connectivity index (χ0v) is 19.1. The van der Waals surface area contributed by atoms with Gasteiger partial charge in [0.05, 0.1) is 16.5 Å². The van der Waals surface area contributed by atoms with Crippen LogP contribution in [0.3, 0.4) is 0 Å². The zero-order valence-electron chi connectivity index (χ0n) is 18.3. The maximum atomic E-state index is 13.3. The standard InChI is InChI=1S/C23H27N3O4S/c1-16-13-17(2)19(4)23(18(16)3)31(28,29)26-11-9-25(10-12-26)22(27)15-30-21-7-5-20(14-24)6-8-21/h5-8,13H,9-12,15H2,1-4H3. The van der Waals surface area contributed by atoms with Gasteiger partial charge in [0.1, 0.15) is 5.75 Å². The minimum absolute atomic E-state index is 0.131. The summed E-state index contributed by atoms with van der Waals surface area (Å²) >= 11 is 0. The van der Waals surface area contributed by atoms with Crippen LogP contribution in [0.2, 0.25) is 0 Å². The van der Waals surface area contributed by atoms with Crippen LogP contribution in [0, 0.1) is 39.0 Å². The van der Waals surface area contributed by atoms with Crippen molar-refractivity contribution in [3.05, 3.63) is 58.1 Å². The number of benzene rings is 2. The Bertz CT molecular complexity index is 1100. The number of nitrogens with zero attached hydrogens (tertiary/aromatic N) is 3. The Hall–Kier alpha value is -2.89. The number of ether oxygens (including phenoxy) is 1. The molecule has 0 aliphatic carbocycles. The summed E-state index contributed by atoms with van der Waals surface area (Å²) in [6.45, 7) is 8.53. The molecule has 1 fully saturated rings. The number of amides is 1. The number of aryl methyl sites for hydroxylation is 2. The second kappa shape index (κ2) is 9.08. The smallest absolute Gasteiger partial charge is 0.260 e. The highest BCUT2D eigenvalue weighted by Crippen LogP contribution is 2.29. The number of sulfonamides is 1. The predicted octanol–water partition coefficient (Wildman–Crippen LogP) is 2.70. The number of hydrogen-bond acceptors (Lipinski definition) is 5. The van der Waals surface area contributed by atoms with E-state index in [1.54, 1.807) is 29.2 Å². The second-order valence-electron chi connectivity index (χ2n) is 7.80. The highest BCUT2D eigenvalue weighted by molar-refractivity contribution is 7.89. The van der Waals surface area contributed by atoms with Gasteiger partial charge in [-0.15, -0.1) is 0 Å². The fourth-order valence-corrected chi connectivity index (χ4v) is 5.73. The van der Waals surface area contributed by atoms with E-state index in [2.05, 4.69) is 0 Å². The van der Waals surface area contributed by atoms with Crippen LogP contribution in [0.4, 0.5) is 0 Å². The van der Waals surface area contributed by atoms with Gasteiger partial charge in [0, 0.05) is 26.2 Å². The Morgan fingerprint density at radius 2 is 1.55 bits per heavy atom. The monoisotopic (exact) mass is 441 g/mol. The van der Waals surface area contributed by atoms with Crippen LogP contribution in [0.25, 0.3) is 0 Å². The average Bonchev–Trinajstić information content (AvgIpc) is 2.76. The molecule has 0 atom stereocenters. The van der Waals surface area contributed by atoms with Gasteiger partial charge in [-0.25, -0.2) is 8.42 Å². The molecular formula is C23H27N3O4S. The molecule has 0 radical (unpaired) electrons. The first kappa shape index (κ1) is 22.8. The van der Waals surface area contributed by atoms with Crippen LogP contribution in [0.5, 0.6) is 5.75 Å². The predicted molar refractivity (Wildman–Crippen MR) is 117 cm³/mol. The van der Waals surface area contributed by atoms with Gasteiger partial charge < -0.3 is 9.64 Å². The summed E-state index contributed by atoms with van der Waals surface area (Å²) in [5.41, 5.74) is 3.98. The molecule has 8 heteroatoms. The van der Waals surface area contributed by atoms with E-state index in [0.717, 1.165) is 22.3 Å². The molecule has 3 rings (SSSR count). The number of carbonyl (C=O) groups excluding carboxylic acids is 1. The minimum atomic E-state index is -3.64. The normalized spacial score (nSPS) is 14.9. The quantitative estimate of drug-likeness (QED) is 0.712. The van der Waals surface area contributed by atoms with E-state index in [4.69, 9.17) is 10.00 Å². The van der Waals surface area contributed by atoms with E-state index in [-0.39, 0.29) is 25.6 Å². The summed E-state index contributed by atoms with van der Waals surface area (Å²) in [7, 11) is -3.64. The summed E-state index contributed by atoms with van der Waals surface area (Å²) < 4.78 is 33.7. The van der Waals surface area contributed by atoms with Gasteiger partial charge in [-0.05, 0) is 74.2 Å². The molecule has 0 bridgehead atoms. The third-order valence-corrected chi connectivity index (χ3v) is 8.01. The highest BCUT2D eigenvalue weighted by Gasteiger charge is 2.32. The van der Waals surface area contributed by atoms with Crippen LogP contribution in [0.1, 0.15) is 27.8 Å². The molecule has 0 spiro atoms. The highest BCUT2D eigenvalue weighted by atomic mass is 32.2. The first-order valence-corrected chi connectivity index (χ1v) is 11.6. The Balaban J connectivity index is 1.63. The number of nitriles is 1. The topological polar surface area (TPSA) is 90.7 Å². The van der Waals surface area contributed by atoms with Crippen LogP contribution in [-0.4, -0.2) is 56.3 Å². The lowest BCUT2D eigenvalue weighted by molar-refractivity contribution is -0.134. The fraction of sp³-hybridized carbons (Fsp3) is 0.391. The molecule has 0 unspecified atom stereocenters. The Kier molecular flexibility index (Phi) is 6.68. The fourth-order valence-electron chi connectivity index (χ4n) is 3.74. The Morgan fingerprint density at radius 3 is 2.06 bits per heavy atom. The maximum Gasteiger partial charge on any atom is 0.260 e. The van der Waals surface area contributed by atoms with Crippen LogP contribution in [-0.2, 0) is 14.8 Å². The zero-order chi connectivity index (χ0) is 22.8. The molecule has 1 aliphatic rings. The van der Waals surface area contributed by atoms with Gasteiger partial charge in [-0.2, -0.15) is 9.57 Å². The summed E-state index contributed by atoms with van der Waals surface area (Å²) in [4.78, 5) is 14.5. The van der Waals surface area contributed by atoms with Crippen LogP contribution < -0.4 is 4.74 Å². The van der Waals surface area contributed by atoms with E-state index in [0.29, 0.717) is 29.3 Å². The van der Waals surface area contributed by atoms with Crippen LogP contribution >= 0.6 is 0 Å². The van der Waals surface area contributed by atoms with Crippen molar-refractivity contribution in [3.8, 4) is 11.8 Å². The molecule has 2 aromatic rings. The molecule has 0 aromatic heterocycles. The van der Waals surface area contributed by atoms with Crippen molar-refractivity contribution in [2.24, 2.45) is 0 Å². The van der Waals surface area contributed by atoms with E-state index >= 15 is 0 Å². The van der Waals surface area contributed by atoms with E-state index in [1.807, 2.05) is 39.8 Å². The van der Waals surface area contributed by atoms with Crippen molar-refractivity contribution in [1.29, 1.82) is 5.26 Å². The largest absolute Gasteiger partial charge is 0.484 e. The van der Waals surface area contributed by atoms with Gasteiger partial charge in [0.2, 0.25) is 10.0 Å². The van der Waals surface area contributed by atoms with Gasteiger partial charge in [-0.1, -0.05) is 6.07 Å². The van der Waals surface area contributed by atoms with Crippen molar-refractivity contribution < 1.29 is 17.9 Å². The third-order valence-electron chi connectivity index (χ3n) is 5.83. The van der Waals surface area contributed by atoms with Gasteiger partial charge in [0.25, 0.3) is 5.91 Å². The second-order valence-corrected chi connectivity index (χ2v) is 9.67. The maximum absolute atomic E-state index is 13.3. The molecule has 2 aromatic carbocycles. The molecule has 1 aliphatic heterocycles. The van der Waals surface area contributed by atoms with Gasteiger partial charge in [0.15, 0.2) is 6.61 Å². The van der Waals surface area contributed by atoms with Crippen LogP contribution in [0.15, 0.2) is 35.2 Å². The molecular weight excluding hydrogens is 414 g/mol. The Labute approximate surface area is 183 Å². The number of carbonyl (C=O) groups is 1. The van der Waals surface area contributed by atoms with Crippen molar-refractivity contribution >= 4 is 15.9 Å². The van der Waals surface area contributed by atoms with E-state index < -0.39 is 10.0 Å². The summed E-state index contributed by atoms with van der Waals surface area (Å²) in [5.74, 6) is 0.314. The molecule has 0 N–H and O–H groups in total. The molecule has 1 saturated heterocycles. The van der Waals surface area contributed by atoms with Crippen molar-refractivity contribution in [2.45, 2.75) is 32.6 Å². The van der Waals surface area contributed by atoms with Crippen molar-refractivity contribution in [1.82, 2.24) is 9.21 Å². The molecule has 0 saturated carbocycles. The summed E-state index contributed by atoms with van der Waals surface area (Å²) in [5, 5.41) is 8.83. The lowest BCUT2D eigenvalue weighted by atomic mass is 10.0.